The molecule has 8 heteroatoms. The highest BCUT2D eigenvalue weighted by Gasteiger charge is 2.18. The molecule has 3 N–H and O–H groups in total. The van der Waals surface area contributed by atoms with Gasteiger partial charge in [-0.1, -0.05) is 24.4 Å². The quantitative estimate of drug-likeness (QED) is 0.846. The minimum Gasteiger partial charge on any atom is -0.389 e. The number of nitrogens with one attached hydrogen (secondary N) is 1. The molecule has 0 atom stereocenters. The van der Waals surface area contributed by atoms with Gasteiger partial charge in [-0.15, -0.1) is 0 Å². The van der Waals surface area contributed by atoms with Gasteiger partial charge in [0, 0.05) is 5.56 Å². The van der Waals surface area contributed by atoms with E-state index in [1.807, 2.05) is 0 Å². The molecule has 2 rings (SSSR count). The summed E-state index contributed by atoms with van der Waals surface area (Å²) in [5.74, 6) is -2.38. The summed E-state index contributed by atoms with van der Waals surface area (Å²) in [6.45, 7) is 0. The van der Waals surface area contributed by atoms with Crippen LogP contribution in [0.25, 0.3) is 0 Å². The standard InChI is InChI=1S/C13H10F2N2O2S2/c14-10-6-5-8(7-11(10)15)21(18,19)17-12-4-2-1-3-9(12)13(16)20/h1-7,17H,(H2,16,20). The summed E-state index contributed by atoms with van der Waals surface area (Å²) in [4.78, 5) is -0.391. The van der Waals surface area contributed by atoms with Crippen molar-refractivity contribution in [3.05, 3.63) is 59.7 Å². The van der Waals surface area contributed by atoms with Gasteiger partial charge < -0.3 is 5.73 Å². The van der Waals surface area contributed by atoms with E-state index in [4.69, 9.17) is 18.0 Å². The minimum atomic E-state index is -4.08. The van der Waals surface area contributed by atoms with E-state index in [0.717, 1.165) is 12.1 Å². The van der Waals surface area contributed by atoms with E-state index in [-0.39, 0.29) is 10.7 Å². The average Bonchev–Trinajstić information content (AvgIpc) is 2.41. The first kappa shape index (κ1) is 15.3. The molecule has 0 saturated heterocycles. The van der Waals surface area contributed by atoms with Crippen LogP contribution in [0.15, 0.2) is 47.4 Å². The number of para-hydroxylation sites is 1. The van der Waals surface area contributed by atoms with E-state index in [0.29, 0.717) is 11.6 Å². The molecule has 0 aromatic heterocycles. The fourth-order valence-corrected chi connectivity index (χ4v) is 2.90. The molecular formula is C13H10F2N2O2S2. The predicted molar refractivity (Wildman–Crippen MR) is 79.5 cm³/mol. The molecule has 0 heterocycles. The molecule has 0 bridgehead atoms. The minimum absolute atomic E-state index is 0.0126. The number of nitrogens with two attached hydrogens (primary N) is 1. The maximum absolute atomic E-state index is 13.1. The van der Waals surface area contributed by atoms with Gasteiger partial charge in [0.05, 0.1) is 10.6 Å². The molecule has 0 aliphatic carbocycles. The average molecular weight is 328 g/mol. The zero-order valence-corrected chi connectivity index (χ0v) is 12.1. The van der Waals surface area contributed by atoms with Gasteiger partial charge >= 0.3 is 0 Å². The van der Waals surface area contributed by atoms with Gasteiger partial charge in [-0.2, -0.15) is 0 Å². The number of sulfonamides is 1. The molecule has 0 aliphatic heterocycles. The van der Waals surface area contributed by atoms with Crippen molar-refractivity contribution in [2.75, 3.05) is 4.72 Å². The molecule has 0 fully saturated rings. The Labute approximate surface area is 125 Å². The van der Waals surface area contributed by atoms with E-state index in [9.17, 15) is 17.2 Å². The van der Waals surface area contributed by atoms with Crippen molar-refractivity contribution in [1.29, 1.82) is 0 Å². The zero-order valence-electron chi connectivity index (χ0n) is 10.5. The molecule has 4 nitrogen and oxygen atoms in total. The lowest BCUT2D eigenvalue weighted by atomic mass is 10.2. The number of thiocarbonyl (C=S) groups is 1. The van der Waals surface area contributed by atoms with Gasteiger partial charge in [-0.25, -0.2) is 17.2 Å². The van der Waals surface area contributed by atoms with Gasteiger partial charge in [0.1, 0.15) is 4.99 Å². The topological polar surface area (TPSA) is 72.2 Å². The van der Waals surface area contributed by atoms with E-state index in [2.05, 4.69) is 4.72 Å². The maximum atomic E-state index is 13.1. The number of hydrogen-bond donors (Lipinski definition) is 2. The number of rotatable bonds is 4. The number of benzene rings is 2. The second-order valence-electron chi connectivity index (χ2n) is 4.09. The summed E-state index contributed by atoms with van der Waals surface area (Å²) in [7, 11) is -4.08. The second kappa shape index (κ2) is 5.74. The first-order valence-corrected chi connectivity index (χ1v) is 7.57. The van der Waals surface area contributed by atoms with Gasteiger partial charge in [-0.3, -0.25) is 4.72 Å². The van der Waals surface area contributed by atoms with Crippen LogP contribution < -0.4 is 10.5 Å². The van der Waals surface area contributed by atoms with Crippen molar-refractivity contribution in [2.45, 2.75) is 4.90 Å². The molecule has 2 aromatic carbocycles. The van der Waals surface area contributed by atoms with Crippen LogP contribution in [-0.4, -0.2) is 13.4 Å². The normalized spacial score (nSPS) is 11.1. The first-order valence-electron chi connectivity index (χ1n) is 5.68. The highest BCUT2D eigenvalue weighted by Crippen LogP contribution is 2.21. The van der Waals surface area contributed by atoms with Gasteiger partial charge in [-0.05, 0) is 30.3 Å². The van der Waals surface area contributed by atoms with Crippen molar-refractivity contribution in [3.8, 4) is 0 Å². The molecule has 0 saturated carbocycles. The molecule has 110 valence electrons. The molecule has 0 unspecified atom stereocenters. The Balaban J connectivity index is 2.42. The maximum Gasteiger partial charge on any atom is 0.262 e. The lowest BCUT2D eigenvalue weighted by Gasteiger charge is -2.11. The molecule has 21 heavy (non-hydrogen) atoms. The van der Waals surface area contributed by atoms with Crippen LogP contribution in [0.1, 0.15) is 5.56 Å². The largest absolute Gasteiger partial charge is 0.389 e. The summed E-state index contributed by atoms with van der Waals surface area (Å²) >= 11 is 4.83. The molecule has 2 aromatic rings. The molecular weight excluding hydrogens is 318 g/mol. The fraction of sp³-hybridized carbons (Fsp3) is 0. The second-order valence-corrected chi connectivity index (χ2v) is 6.21. The molecule has 0 amide bonds. The SMILES string of the molecule is NC(=S)c1ccccc1NS(=O)(=O)c1ccc(F)c(F)c1. The van der Waals surface area contributed by atoms with E-state index in [1.165, 1.54) is 6.07 Å². The van der Waals surface area contributed by atoms with E-state index < -0.39 is 26.6 Å². The summed E-state index contributed by atoms with van der Waals surface area (Å²) in [5.41, 5.74) is 6.00. The van der Waals surface area contributed by atoms with Crippen LogP contribution in [0.4, 0.5) is 14.5 Å². The fourth-order valence-electron chi connectivity index (χ4n) is 1.63. The highest BCUT2D eigenvalue weighted by molar-refractivity contribution is 7.92. The third-order valence-electron chi connectivity index (χ3n) is 2.64. The van der Waals surface area contributed by atoms with E-state index >= 15 is 0 Å². The van der Waals surface area contributed by atoms with Crippen molar-refractivity contribution < 1.29 is 17.2 Å². The van der Waals surface area contributed by atoms with E-state index in [1.54, 1.807) is 18.2 Å². The smallest absolute Gasteiger partial charge is 0.262 e. The van der Waals surface area contributed by atoms with Crippen LogP contribution in [0.5, 0.6) is 0 Å². The van der Waals surface area contributed by atoms with Crippen molar-refractivity contribution in [2.24, 2.45) is 5.73 Å². The van der Waals surface area contributed by atoms with Crippen molar-refractivity contribution in [3.63, 3.8) is 0 Å². The Morgan fingerprint density at radius 2 is 1.76 bits per heavy atom. The Hall–Kier alpha value is -2.06. The van der Waals surface area contributed by atoms with Gasteiger partial charge in [0.25, 0.3) is 10.0 Å². The molecule has 0 aliphatic rings. The van der Waals surface area contributed by atoms with Crippen LogP contribution in [0, 0.1) is 11.6 Å². The monoisotopic (exact) mass is 328 g/mol. The Morgan fingerprint density at radius 3 is 2.38 bits per heavy atom. The summed E-state index contributed by atoms with van der Waals surface area (Å²) in [6.07, 6.45) is 0. The van der Waals surface area contributed by atoms with Crippen molar-refractivity contribution in [1.82, 2.24) is 0 Å². The third-order valence-corrected chi connectivity index (χ3v) is 4.22. The predicted octanol–water partition coefficient (Wildman–Crippen LogP) is 2.40. The number of anilines is 1. The first-order chi connectivity index (χ1) is 9.81. The summed E-state index contributed by atoms with van der Waals surface area (Å²) in [5, 5.41) is 0. The van der Waals surface area contributed by atoms with Gasteiger partial charge in [0.2, 0.25) is 0 Å². The Morgan fingerprint density at radius 1 is 1.10 bits per heavy atom. The highest BCUT2D eigenvalue weighted by atomic mass is 32.2. The molecule has 0 spiro atoms. The van der Waals surface area contributed by atoms with Crippen LogP contribution in [0.3, 0.4) is 0 Å². The Bertz CT molecular complexity index is 808. The summed E-state index contributed by atoms with van der Waals surface area (Å²) < 4.78 is 52.6. The molecule has 0 radical (unpaired) electrons. The van der Waals surface area contributed by atoms with Crippen LogP contribution in [0.2, 0.25) is 0 Å². The van der Waals surface area contributed by atoms with Gasteiger partial charge in [0.15, 0.2) is 11.6 Å². The Kier molecular flexibility index (Phi) is 4.19. The zero-order chi connectivity index (χ0) is 15.6. The van der Waals surface area contributed by atoms with Crippen LogP contribution >= 0.6 is 12.2 Å². The van der Waals surface area contributed by atoms with Crippen LogP contribution in [-0.2, 0) is 10.0 Å². The third kappa shape index (κ3) is 3.34. The lowest BCUT2D eigenvalue weighted by molar-refractivity contribution is 0.504. The number of halogens is 2. The lowest BCUT2D eigenvalue weighted by Crippen LogP contribution is -2.18. The summed E-state index contributed by atoms with van der Waals surface area (Å²) in [6, 6.07) is 8.54. The number of hydrogen-bond acceptors (Lipinski definition) is 3. The van der Waals surface area contributed by atoms with Crippen molar-refractivity contribution >= 4 is 32.9 Å².